The summed E-state index contributed by atoms with van der Waals surface area (Å²) in [5.74, 6) is -0.297. The van der Waals surface area contributed by atoms with E-state index >= 15 is 0 Å². The van der Waals surface area contributed by atoms with E-state index in [1.807, 2.05) is 19.1 Å². The van der Waals surface area contributed by atoms with E-state index in [1.165, 1.54) is 16.2 Å². The number of anilines is 1. The van der Waals surface area contributed by atoms with Crippen molar-refractivity contribution in [2.75, 3.05) is 4.90 Å². The molecule has 132 valence electrons. The molecule has 0 N–H and O–H groups in total. The van der Waals surface area contributed by atoms with Crippen LogP contribution in [-0.2, 0) is 0 Å². The molecule has 4 heterocycles. The van der Waals surface area contributed by atoms with E-state index in [0.717, 1.165) is 11.1 Å². The van der Waals surface area contributed by atoms with Gasteiger partial charge in [0, 0.05) is 24.0 Å². The number of pyridine rings is 1. The third kappa shape index (κ3) is 2.32. The van der Waals surface area contributed by atoms with Crippen LogP contribution in [0.25, 0.3) is 11.0 Å². The van der Waals surface area contributed by atoms with Crippen molar-refractivity contribution in [1.29, 1.82) is 0 Å². The van der Waals surface area contributed by atoms with E-state index in [1.54, 1.807) is 42.2 Å². The first-order valence-electron chi connectivity index (χ1n) is 8.35. The van der Waals surface area contributed by atoms with E-state index in [9.17, 15) is 9.59 Å². The average molecular weight is 375 g/mol. The molecule has 0 radical (unpaired) electrons. The maximum atomic E-state index is 13.3. The van der Waals surface area contributed by atoms with Crippen molar-refractivity contribution < 1.29 is 9.21 Å². The molecule has 1 aromatic carbocycles. The summed E-state index contributed by atoms with van der Waals surface area (Å²) in [5, 5.41) is 2.78. The van der Waals surface area contributed by atoms with Crippen LogP contribution < -0.4 is 10.3 Å². The van der Waals surface area contributed by atoms with Gasteiger partial charge in [0.25, 0.3) is 5.91 Å². The second-order valence-corrected chi connectivity index (χ2v) is 7.23. The molecule has 1 aliphatic heterocycles. The number of thiazole rings is 1. The van der Waals surface area contributed by atoms with Gasteiger partial charge in [0.15, 0.2) is 10.6 Å². The summed E-state index contributed by atoms with van der Waals surface area (Å²) in [7, 11) is 0. The molecule has 4 aromatic rings. The van der Waals surface area contributed by atoms with Gasteiger partial charge in [0.1, 0.15) is 5.58 Å². The lowest BCUT2D eigenvalue weighted by Gasteiger charge is -2.22. The van der Waals surface area contributed by atoms with Gasteiger partial charge in [-0.25, -0.2) is 4.98 Å². The highest BCUT2D eigenvalue weighted by Crippen LogP contribution is 2.41. The van der Waals surface area contributed by atoms with E-state index in [2.05, 4.69) is 9.97 Å². The molecular weight excluding hydrogens is 362 g/mol. The number of aromatic nitrogens is 2. The fourth-order valence-electron chi connectivity index (χ4n) is 3.47. The first kappa shape index (κ1) is 15.9. The summed E-state index contributed by atoms with van der Waals surface area (Å²) in [6.07, 6.45) is 4.94. The lowest BCUT2D eigenvalue weighted by atomic mass is 10.00. The molecule has 1 aliphatic rings. The Kier molecular flexibility index (Phi) is 3.45. The summed E-state index contributed by atoms with van der Waals surface area (Å²) in [6, 6.07) is 8.39. The van der Waals surface area contributed by atoms with Crippen LogP contribution in [0.3, 0.4) is 0 Å². The zero-order valence-electron chi connectivity index (χ0n) is 14.2. The van der Waals surface area contributed by atoms with Gasteiger partial charge in [-0.05, 0) is 30.7 Å². The number of fused-ring (bicyclic) bond motifs is 2. The second-order valence-electron chi connectivity index (χ2n) is 6.35. The van der Waals surface area contributed by atoms with Crippen LogP contribution in [0.5, 0.6) is 0 Å². The molecule has 0 saturated heterocycles. The number of carbonyl (C=O) groups excluding carboxylic acids is 1. The summed E-state index contributed by atoms with van der Waals surface area (Å²) in [4.78, 5) is 36.5. The number of rotatable bonds is 2. The Labute approximate surface area is 157 Å². The Bertz CT molecular complexity index is 1230. The molecule has 7 heteroatoms. The van der Waals surface area contributed by atoms with Gasteiger partial charge in [0.2, 0.25) is 5.76 Å². The highest BCUT2D eigenvalue weighted by molar-refractivity contribution is 7.13. The zero-order valence-corrected chi connectivity index (χ0v) is 15.1. The second kappa shape index (κ2) is 5.85. The monoisotopic (exact) mass is 375 g/mol. The minimum atomic E-state index is -0.617. The number of hydrogen-bond acceptors (Lipinski definition) is 6. The van der Waals surface area contributed by atoms with Crippen LogP contribution in [0.2, 0.25) is 0 Å². The van der Waals surface area contributed by atoms with Gasteiger partial charge in [-0.2, -0.15) is 0 Å². The number of benzene rings is 1. The van der Waals surface area contributed by atoms with Crippen molar-refractivity contribution in [1.82, 2.24) is 9.97 Å². The highest BCUT2D eigenvalue weighted by Gasteiger charge is 2.44. The van der Waals surface area contributed by atoms with Crippen molar-refractivity contribution >= 4 is 33.3 Å². The normalized spacial score (nSPS) is 16.1. The van der Waals surface area contributed by atoms with Crippen molar-refractivity contribution in [2.24, 2.45) is 0 Å². The molecular formula is C20H13N3O3S. The minimum Gasteiger partial charge on any atom is -0.450 e. The topological polar surface area (TPSA) is 76.3 Å². The van der Waals surface area contributed by atoms with Gasteiger partial charge < -0.3 is 4.42 Å². The maximum absolute atomic E-state index is 13.3. The van der Waals surface area contributed by atoms with E-state index in [4.69, 9.17) is 4.42 Å². The van der Waals surface area contributed by atoms with Gasteiger partial charge in [-0.1, -0.05) is 17.7 Å². The molecule has 27 heavy (non-hydrogen) atoms. The first-order valence-corrected chi connectivity index (χ1v) is 9.23. The number of amides is 1. The van der Waals surface area contributed by atoms with Crippen LogP contribution in [0.1, 0.15) is 33.3 Å². The molecule has 0 spiro atoms. The Hall–Kier alpha value is -3.32. The predicted octanol–water partition coefficient (Wildman–Crippen LogP) is 3.70. The van der Waals surface area contributed by atoms with Crippen molar-refractivity contribution in [3.05, 3.63) is 87.0 Å². The molecule has 0 aliphatic carbocycles. The van der Waals surface area contributed by atoms with Gasteiger partial charge >= 0.3 is 0 Å². The SMILES string of the molecule is Cc1ccc2oc3c(c(=O)c2c1)C(c1cccnc1)N(c1nccs1)C3=O. The average Bonchev–Trinajstić information content (AvgIpc) is 3.30. The quantitative estimate of drug-likeness (QED) is 0.534. The molecule has 0 bridgehead atoms. The van der Waals surface area contributed by atoms with Crippen molar-refractivity contribution in [3.63, 3.8) is 0 Å². The molecule has 0 fully saturated rings. The Morgan fingerprint density at radius 3 is 2.81 bits per heavy atom. The predicted molar refractivity (Wildman–Crippen MR) is 102 cm³/mol. The molecule has 1 amide bonds. The Balaban J connectivity index is 1.85. The largest absolute Gasteiger partial charge is 0.450 e. The number of aryl methyl sites for hydroxylation is 1. The summed E-state index contributed by atoms with van der Waals surface area (Å²) < 4.78 is 5.90. The third-order valence-electron chi connectivity index (χ3n) is 4.65. The molecule has 5 rings (SSSR count). The van der Waals surface area contributed by atoms with Crippen molar-refractivity contribution in [3.8, 4) is 0 Å². The van der Waals surface area contributed by atoms with Crippen LogP contribution in [0, 0.1) is 6.92 Å². The van der Waals surface area contributed by atoms with Gasteiger partial charge in [-0.15, -0.1) is 11.3 Å². The Morgan fingerprint density at radius 2 is 2.07 bits per heavy atom. The molecule has 1 unspecified atom stereocenters. The molecule has 0 saturated carbocycles. The molecule has 3 aromatic heterocycles. The first-order chi connectivity index (χ1) is 13.1. The third-order valence-corrected chi connectivity index (χ3v) is 5.42. The fraction of sp³-hybridized carbons (Fsp3) is 0.100. The minimum absolute atomic E-state index is 0.0698. The summed E-state index contributed by atoms with van der Waals surface area (Å²) in [5.41, 5.74) is 2.23. The van der Waals surface area contributed by atoms with Crippen LogP contribution >= 0.6 is 11.3 Å². The van der Waals surface area contributed by atoms with E-state index in [0.29, 0.717) is 21.7 Å². The molecule has 6 nitrogen and oxygen atoms in total. The smallest absolute Gasteiger partial charge is 0.297 e. The number of nitrogens with zero attached hydrogens (tertiary/aromatic N) is 3. The van der Waals surface area contributed by atoms with Gasteiger partial charge in [0.05, 0.1) is 17.0 Å². The van der Waals surface area contributed by atoms with Gasteiger partial charge in [-0.3, -0.25) is 19.5 Å². The van der Waals surface area contributed by atoms with Crippen LogP contribution in [-0.4, -0.2) is 15.9 Å². The lowest BCUT2D eigenvalue weighted by molar-refractivity contribution is 0.0971. The Morgan fingerprint density at radius 1 is 1.19 bits per heavy atom. The van der Waals surface area contributed by atoms with Crippen molar-refractivity contribution in [2.45, 2.75) is 13.0 Å². The zero-order chi connectivity index (χ0) is 18.5. The van der Waals surface area contributed by atoms with E-state index in [-0.39, 0.29) is 17.1 Å². The maximum Gasteiger partial charge on any atom is 0.297 e. The van der Waals surface area contributed by atoms with Crippen LogP contribution in [0.4, 0.5) is 5.13 Å². The highest BCUT2D eigenvalue weighted by atomic mass is 32.1. The fourth-order valence-corrected chi connectivity index (χ4v) is 4.14. The summed E-state index contributed by atoms with van der Waals surface area (Å²) in [6.45, 7) is 1.91. The lowest BCUT2D eigenvalue weighted by Crippen LogP contribution is -2.29. The van der Waals surface area contributed by atoms with Crippen LogP contribution in [0.15, 0.2) is 63.5 Å². The standard InChI is InChI=1S/C20H13N3O3S/c1-11-4-5-14-13(9-11)17(24)15-16(12-3-2-6-21-10-12)23(19(25)18(15)26-14)20-22-7-8-27-20/h2-10,16H,1H3. The molecule has 1 atom stereocenters. The number of hydrogen-bond donors (Lipinski definition) is 0. The van der Waals surface area contributed by atoms with E-state index < -0.39 is 6.04 Å². The number of carbonyl (C=O) groups is 1. The summed E-state index contributed by atoms with van der Waals surface area (Å²) >= 11 is 1.34.